The number of anilines is 2. The van der Waals surface area contributed by atoms with Crippen molar-refractivity contribution in [2.24, 2.45) is 10.4 Å². The van der Waals surface area contributed by atoms with Crippen molar-refractivity contribution in [2.45, 2.75) is 59.0 Å². The van der Waals surface area contributed by atoms with Gasteiger partial charge in [-0.1, -0.05) is 30.7 Å². The summed E-state index contributed by atoms with van der Waals surface area (Å²) in [5.74, 6) is -0.783. The average molecular weight is 575 g/mol. The van der Waals surface area contributed by atoms with Crippen molar-refractivity contribution in [3.8, 4) is 0 Å². The van der Waals surface area contributed by atoms with Crippen molar-refractivity contribution in [2.75, 3.05) is 16.8 Å². The van der Waals surface area contributed by atoms with E-state index in [2.05, 4.69) is 25.0 Å². The second-order valence-corrected chi connectivity index (χ2v) is 11.6. The predicted octanol–water partition coefficient (Wildman–Crippen LogP) is 5.89. The van der Waals surface area contributed by atoms with Gasteiger partial charge in [0.05, 0.1) is 29.3 Å². The van der Waals surface area contributed by atoms with Crippen LogP contribution >= 0.6 is 11.6 Å². The number of rotatable bonds is 8. The van der Waals surface area contributed by atoms with Crippen LogP contribution < -0.4 is 15.8 Å². The van der Waals surface area contributed by atoms with Crippen molar-refractivity contribution in [3.63, 3.8) is 0 Å². The summed E-state index contributed by atoms with van der Waals surface area (Å²) in [5, 5.41) is 7.35. The molecule has 4 heterocycles. The van der Waals surface area contributed by atoms with E-state index in [1.165, 1.54) is 21.9 Å². The molecule has 1 unspecified atom stereocenters. The highest BCUT2D eigenvalue weighted by Crippen LogP contribution is 2.46. The Morgan fingerprint density at radius 2 is 2.12 bits per heavy atom. The van der Waals surface area contributed by atoms with Gasteiger partial charge in [-0.3, -0.25) is 23.8 Å². The van der Waals surface area contributed by atoms with Gasteiger partial charge in [0.2, 0.25) is 5.91 Å². The number of carbonyl (C=O) groups is 1. The third kappa shape index (κ3) is 5.03. The van der Waals surface area contributed by atoms with Gasteiger partial charge in [-0.2, -0.15) is 5.10 Å². The number of fused-ring (bicyclic) bond motifs is 1. The molecule has 2 aliphatic heterocycles. The summed E-state index contributed by atoms with van der Waals surface area (Å²) in [4.78, 5) is 32.5. The molecule has 0 radical (unpaired) electrons. The molecule has 6 rings (SSSR count). The number of carbonyl (C=O) groups excluding carboxylic acids is 1. The molecule has 212 valence electrons. The molecule has 0 bridgehead atoms. The van der Waals surface area contributed by atoms with E-state index in [-0.39, 0.29) is 33.8 Å². The normalized spacial score (nSPS) is 19.3. The zero-order valence-corrected chi connectivity index (χ0v) is 24.1. The lowest BCUT2D eigenvalue weighted by molar-refractivity contribution is -0.120. The molecule has 1 amide bonds. The molecule has 1 aliphatic carbocycles. The minimum atomic E-state index is -0.588. The number of benzene rings is 1. The summed E-state index contributed by atoms with van der Waals surface area (Å²) in [6, 6.07) is 6.86. The van der Waals surface area contributed by atoms with E-state index in [9.17, 15) is 9.59 Å². The van der Waals surface area contributed by atoms with Crippen LogP contribution in [0.2, 0.25) is 5.02 Å². The first kappa shape index (κ1) is 27.2. The highest BCUT2D eigenvalue weighted by atomic mass is 35.5. The van der Waals surface area contributed by atoms with Gasteiger partial charge in [0, 0.05) is 53.4 Å². The van der Waals surface area contributed by atoms with Crippen LogP contribution in [-0.4, -0.2) is 32.5 Å². The molecule has 0 spiro atoms. The van der Waals surface area contributed by atoms with Gasteiger partial charge in [0.15, 0.2) is 5.82 Å². The lowest BCUT2D eigenvalue weighted by atomic mass is 10.1. The van der Waals surface area contributed by atoms with Crippen LogP contribution in [-0.2, 0) is 17.8 Å². The first-order valence-electron chi connectivity index (χ1n) is 13.9. The Kier molecular flexibility index (Phi) is 6.93. The second-order valence-electron chi connectivity index (χ2n) is 11.2. The van der Waals surface area contributed by atoms with E-state index >= 15 is 4.39 Å². The van der Waals surface area contributed by atoms with E-state index in [0.29, 0.717) is 17.1 Å². The van der Waals surface area contributed by atoms with Crippen LogP contribution in [0.1, 0.15) is 61.7 Å². The number of aromatic nitrogens is 3. The standard InChI is InChI=1S/C31H32ClFN6O2/c1-4-13-34-22(20-7-5-8-23(28(20)33)36-30(41)31(3)11-12-31)10-15-37-19(2)16-25(27(32)29(37)40)38-18-26(38)21-17-35-39-14-6-9-24(21)39/h4-5,7-8,10,13,15-17,26H,6,9,11-12,14,18H2,1-3H3,(H,36,41)/b13-4+,15-10+,34-22-. The number of amides is 1. The molecule has 2 fully saturated rings. The molecule has 8 nitrogen and oxygen atoms in total. The van der Waals surface area contributed by atoms with Crippen LogP contribution in [0.25, 0.3) is 6.20 Å². The predicted molar refractivity (Wildman–Crippen MR) is 160 cm³/mol. The quantitative estimate of drug-likeness (QED) is 0.269. The number of nitrogens with one attached hydrogen (secondary N) is 1. The lowest BCUT2D eigenvalue weighted by Crippen LogP contribution is -2.22. The van der Waals surface area contributed by atoms with Crippen molar-refractivity contribution in [1.82, 2.24) is 14.3 Å². The second kappa shape index (κ2) is 10.4. The maximum atomic E-state index is 15.6. The summed E-state index contributed by atoms with van der Waals surface area (Å²) in [6.07, 6.45) is 12.0. The Hall–Kier alpha value is -3.98. The van der Waals surface area contributed by atoms with Gasteiger partial charge in [0.1, 0.15) is 5.02 Å². The fraction of sp³-hybridized carbons (Fsp3) is 0.355. The maximum Gasteiger partial charge on any atom is 0.275 e. The molecule has 1 saturated carbocycles. The summed E-state index contributed by atoms with van der Waals surface area (Å²) >= 11 is 6.63. The molecule has 1 N–H and O–H groups in total. The van der Waals surface area contributed by atoms with Crippen LogP contribution in [0.4, 0.5) is 15.8 Å². The number of pyridine rings is 1. The SMILES string of the molecule is C/C=C/N=C(/C=C/n1c(C)cc(N2CC2c2cnn3c2CCC3)c(Cl)c1=O)c1cccc(NC(=O)C2(C)CC2)c1F. The molecule has 3 aromatic rings. The van der Waals surface area contributed by atoms with Gasteiger partial charge in [-0.05, 0) is 63.8 Å². The molecule has 1 atom stereocenters. The third-order valence-corrected chi connectivity index (χ3v) is 8.57. The number of nitrogens with zero attached hydrogens (tertiary/aromatic N) is 5. The van der Waals surface area contributed by atoms with Gasteiger partial charge >= 0.3 is 0 Å². The number of aryl methyl sites for hydroxylation is 2. The number of hydrogen-bond donors (Lipinski definition) is 1. The Bertz CT molecular complexity index is 1700. The van der Waals surface area contributed by atoms with Crippen molar-refractivity contribution in [3.05, 3.63) is 92.5 Å². The summed E-state index contributed by atoms with van der Waals surface area (Å²) in [7, 11) is 0. The fourth-order valence-electron chi connectivity index (χ4n) is 5.35. The fourth-order valence-corrected chi connectivity index (χ4v) is 5.61. The number of aliphatic imine (C=N–C) groups is 1. The average Bonchev–Trinajstić information content (AvgIpc) is 3.80. The molecule has 10 heteroatoms. The molecular formula is C31H32ClFN6O2. The summed E-state index contributed by atoms with van der Waals surface area (Å²) in [6.45, 7) is 7.24. The van der Waals surface area contributed by atoms with Gasteiger partial charge in [-0.25, -0.2) is 4.39 Å². The lowest BCUT2D eigenvalue weighted by Gasteiger charge is -2.14. The van der Waals surface area contributed by atoms with E-state index in [1.807, 2.05) is 26.1 Å². The van der Waals surface area contributed by atoms with E-state index in [0.717, 1.165) is 38.8 Å². The first-order chi connectivity index (χ1) is 19.7. The van der Waals surface area contributed by atoms with Crippen molar-refractivity contribution < 1.29 is 9.18 Å². The van der Waals surface area contributed by atoms with Crippen LogP contribution in [0.3, 0.4) is 0 Å². The highest BCUT2D eigenvalue weighted by molar-refractivity contribution is 6.33. The van der Waals surface area contributed by atoms with Crippen LogP contribution in [0, 0.1) is 18.2 Å². The number of halogens is 2. The van der Waals surface area contributed by atoms with Crippen LogP contribution in [0.15, 0.2) is 58.6 Å². The van der Waals surface area contributed by atoms with Crippen LogP contribution in [0.5, 0.6) is 0 Å². The first-order valence-corrected chi connectivity index (χ1v) is 14.3. The Labute approximate surface area is 242 Å². The number of allylic oxidation sites excluding steroid dienone is 2. The Balaban J connectivity index is 1.28. The Morgan fingerprint density at radius 1 is 1.32 bits per heavy atom. The smallest absolute Gasteiger partial charge is 0.275 e. The van der Waals surface area contributed by atoms with E-state index in [4.69, 9.17) is 11.6 Å². The molecule has 2 aromatic heterocycles. The highest BCUT2D eigenvalue weighted by Gasteiger charge is 2.45. The van der Waals surface area contributed by atoms with E-state index < -0.39 is 11.2 Å². The summed E-state index contributed by atoms with van der Waals surface area (Å²) in [5.41, 5.74) is 3.64. The van der Waals surface area contributed by atoms with Crippen molar-refractivity contribution in [1.29, 1.82) is 0 Å². The largest absolute Gasteiger partial charge is 0.359 e. The van der Waals surface area contributed by atoms with Crippen molar-refractivity contribution >= 4 is 40.8 Å². The van der Waals surface area contributed by atoms with Gasteiger partial charge in [-0.15, -0.1) is 0 Å². The monoisotopic (exact) mass is 574 g/mol. The minimum Gasteiger partial charge on any atom is -0.359 e. The maximum absolute atomic E-state index is 15.6. The molecule has 41 heavy (non-hydrogen) atoms. The van der Waals surface area contributed by atoms with Gasteiger partial charge in [0.25, 0.3) is 5.56 Å². The van der Waals surface area contributed by atoms with Gasteiger partial charge < -0.3 is 10.2 Å². The van der Waals surface area contributed by atoms with E-state index in [1.54, 1.807) is 43.6 Å². The topological polar surface area (TPSA) is 84.3 Å². The minimum absolute atomic E-state index is 0.0973. The third-order valence-electron chi connectivity index (χ3n) is 8.22. The zero-order chi connectivity index (χ0) is 28.9. The summed E-state index contributed by atoms with van der Waals surface area (Å²) < 4.78 is 19.1. The molecule has 3 aliphatic rings. The molecule has 1 aromatic carbocycles. The molecule has 1 saturated heterocycles. The zero-order valence-electron chi connectivity index (χ0n) is 23.3. The molecular weight excluding hydrogens is 543 g/mol. The number of hydrogen-bond acceptors (Lipinski definition) is 5. The Morgan fingerprint density at radius 3 is 2.88 bits per heavy atom.